The SMILES string of the molecule is c1ccc(-c2ccc(N(c3cccc(-c4ccccc4)c3)c3cc(-c4ccc(-c5ccccc5)c5c4C4(c6ccccc6-5)c5ccccc5-c5c4ccc4c5oc5ccccc54)c4ccccc4c3)cc2)cc1. The minimum absolute atomic E-state index is 0.681. The van der Waals surface area contributed by atoms with E-state index in [0.29, 0.717) is 0 Å². The Labute approximate surface area is 424 Å². The fourth-order valence-electron chi connectivity index (χ4n) is 12.6. The van der Waals surface area contributed by atoms with Crippen molar-refractivity contribution in [3.8, 4) is 66.8 Å². The van der Waals surface area contributed by atoms with Crippen LogP contribution in [0.25, 0.3) is 99.5 Å². The summed E-state index contributed by atoms with van der Waals surface area (Å²) in [5.74, 6) is 0. The molecule has 1 aromatic heterocycles. The molecule has 0 radical (unpaired) electrons. The first-order valence-corrected chi connectivity index (χ1v) is 25.2. The van der Waals surface area contributed by atoms with E-state index in [0.717, 1.165) is 44.6 Å². The largest absolute Gasteiger partial charge is 0.455 e. The first-order chi connectivity index (χ1) is 36.2. The van der Waals surface area contributed by atoms with Crippen molar-refractivity contribution in [1.29, 1.82) is 0 Å². The molecule has 340 valence electrons. The van der Waals surface area contributed by atoms with Crippen LogP contribution in [-0.4, -0.2) is 0 Å². The van der Waals surface area contributed by atoms with E-state index in [1.807, 2.05) is 0 Å². The molecule has 1 atom stereocenters. The molecule has 2 aliphatic rings. The Morgan fingerprint density at radius 1 is 0.288 bits per heavy atom. The van der Waals surface area contributed by atoms with E-state index in [2.05, 4.69) is 278 Å². The average Bonchev–Trinajstić information content (AvgIpc) is 4.11. The number of fused-ring (bicyclic) bond motifs is 15. The number of rotatable bonds is 7. The lowest BCUT2D eigenvalue weighted by Crippen LogP contribution is -2.26. The summed E-state index contributed by atoms with van der Waals surface area (Å²) in [7, 11) is 0. The second kappa shape index (κ2) is 16.3. The van der Waals surface area contributed by atoms with Crippen LogP contribution < -0.4 is 4.90 Å². The van der Waals surface area contributed by atoms with Gasteiger partial charge in [-0.2, -0.15) is 0 Å². The molecule has 2 heteroatoms. The molecule has 2 nitrogen and oxygen atoms in total. The van der Waals surface area contributed by atoms with Crippen molar-refractivity contribution in [2.24, 2.45) is 0 Å². The molecule has 0 saturated heterocycles. The maximum atomic E-state index is 6.99. The lowest BCUT2D eigenvalue weighted by Gasteiger charge is -2.33. The first kappa shape index (κ1) is 41.3. The summed E-state index contributed by atoms with van der Waals surface area (Å²) in [5.41, 5.74) is 23.9. The zero-order valence-corrected chi connectivity index (χ0v) is 39.8. The predicted molar refractivity (Wildman–Crippen MR) is 304 cm³/mol. The van der Waals surface area contributed by atoms with Crippen LogP contribution in [0.5, 0.6) is 0 Å². The van der Waals surface area contributed by atoms with Crippen LogP contribution in [-0.2, 0) is 5.41 Å². The summed E-state index contributed by atoms with van der Waals surface area (Å²) in [6, 6.07) is 100. The Kier molecular flexibility index (Phi) is 9.21. The highest BCUT2D eigenvalue weighted by atomic mass is 16.3. The minimum Gasteiger partial charge on any atom is -0.455 e. The van der Waals surface area contributed by atoms with E-state index < -0.39 is 5.41 Å². The summed E-state index contributed by atoms with van der Waals surface area (Å²) in [6.07, 6.45) is 0. The van der Waals surface area contributed by atoms with Crippen molar-refractivity contribution in [2.75, 3.05) is 4.90 Å². The van der Waals surface area contributed by atoms with Gasteiger partial charge in [0.05, 0.1) is 5.41 Å². The van der Waals surface area contributed by atoms with Crippen LogP contribution in [0, 0.1) is 0 Å². The van der Waals surface area contributed by atoms with Crippen LogP contribution in [0.2, 0.25) is 0 Å². The smallest absolute Gasteiger partial charge is 0.143 e. The van der Waals surface area contributed by atoms with E-state index in [-0.39, 0.29) is 0 Å². The van der Waals surface area contributed by atoms with E-state index in [1.54, 1.807) is 0 Å². The van der Waals surface area contributed by atoms with Gasteiger partial charge in [-0.3, -0.25) is 0 Å². The van der Waals surface area contributed by atoms with Crippen LogP contribution in [0.4, 0.5) is 17.1 Å². The van der Waals surface area contributed by atoms with Crippen molar-refractivity contribution >= 4 is 49.8 Å². The Balaban J connectivity index is 1.04. The van der Waals surface area contributed by atoms with Crippen molar-refractivity contribution < 1.29 is 4.42 Å². The molecule has 1 heterocycles. The third-order valence-electron chi connectivity index (χ3n) is 15.7. The van der Waals surface area contributed by atoms with Crippen LogP contribution in [0.15, 0.2) is 277 Å². The predicted octanol–water partition coefficient (Wildman–Crippen LogP) is 19.2. The summed E-state index contributed by atoms with van der Waals surface area (Å²) in [6.45, 7) is 0. The van der Waals surface area contributed by atoms with Crippen LogP contribution >= 0.6 is 0 Å². The van der Waals surface area contributed by atoms with Gasteiger partial charge in [-0.05, 0) is 137 Å². The zero-order chi connectivity index (χ0) is 48.0. The maximum absolute atomic E-state index is 6.99. The normalized spacial score (nSPS) is 14.1. The average molecular weight is 928 g/mol. The zero-order valence-electron chi connectivity index (χ0n) is 39.8. The second-order valence-corrected chi connectivity index (χ2v) is 19.5. The Hall–Kier alpha value is -9.50. The quantitative estimate of drug-likeness (QED) is 0.158. The number of para-hydroxylation sites is 1. The summed E-state index contributed by atoms with van der Waals surface area (Å²) < 4.78 is 6.99. The van der Waals surface area contributed by atoms with Gasteiger partial charge >= 0.3 is 0 Å². The highest BCUT2D eigenvalue weighted by Crippen LogP contribution is 2.67. The Morgan fingerprint density at radius 2 is 0.863 bits per heavy atom. The monoisotopic (exact) mass is 927 g/mol. The fourth-order valence-corrected chi connectivity index (χ4v) is 12.6. The molecular formula is C71H45NO. The van der Waals surface area contributed by atoms with Gasteiger partial charge in [0.15, 0.2) is 0 Å². The second-order valence-electron chi connectivity index (χ2n) is 19.5. The van der Waals surface area contributed by atoms with Gasteiger partial charge in [-0.25, -0.2) is 0 Å². The number of hydrogen-bond acceptors (Lipinski definition) is 2. The molecule has 0 amide bonds. The van der Waals surface area contributed by atoms with Crippen molar-refractivity contribution in [2.45, 2.75) is 5.41 Å². The number of furan rings is 1. The van der Waals surface area contributed by atoms with E-state index >= 15 is 0 Å². The fraction of sp³-hybridized carbons (Fsp3) is 0.0141. The number of hydrogen-bond donors (Lipinski definition) is 0. The third kappa shape index (κ3) is 6.17. The van der Waals surface area contributed by atoms with Gasteiger partial charge in [0.25, 0.3) is 0 Å². The molecule has 0 bridgehead atoms. The molecule has 12 aromatic carbocycles. The van der Waals surface area contributed by atoms with Gasteiger partial charge < -0.3 is 9.32 Å². The molecule has 0 saturated carbocycles. The van der Waals surface area contributed by atoms with Gasteiger partial charge in [0.2, 0.25) is 0 Å². The Bertz CT molecular complexity index is 4300. The maximum Gasteiger partial charge on any atom is 0.143 e. The lowest BCUT2D eigenvalue weighted by molar-refractivity contribution is 0.669. The highest BCUT2D eigenvalue weighted by molar-refractivity contribution is 6.15. The Morgan fingerprint density at radius 3 is 1.60 bits per heavy atom. The topological polar surface area (TPSA) is 16.4 Å². The van der Waals surface area contributed by atoms with Gasteiger partial charge in [-0.1, -0.05) is 231 Å². The third-order valence-corrected chi connectivity index (χ3v) is 15.7. The number of benzene rings is 12. The summed E-state index contributed by atoms with van der Waals surface area (Å²) in [4.78, 5) is 2.44. The number of anilines is 3. The van der Waals surface area contributed by atoms with Crippen molar-refractivity contribution in [3.63, 3.8) is 0 Å². The first-order valence-electron chi connectivity index (χ1n) is 25.2. The highest BCUT2D eigenvalue weighted by Gasteiger charge is 2.54. The van der Waals surface area contributed by atoms with E-state index in [9.17, 15) is 0 Å². The van der Waals surface area contributed by atoms with Gasteiger partial charge in [0.1, 0.15) is 11.2 Å². The molecule has 0 fully saturated rings. The van der Waals surface area contributed by atoms with E-state index in [4.69, 9.17) is 4.42 Å². The molecule has 13 aromatic rings. The molecule has 15 rings (SSSR count). The van der Waals surface area contributed by atoms with Crippen molar-refractivity contribution in [1.82, 2.24) is 0 Å². The molecular weight excluding hydrogens is 883 g/mol. The van der Waals surface area contributed by atoms with Gasteiger partial charge in [0, 0.05) is 33.4 Å². The molecule has 0 aliphatic heterocycles. The van der Waals surface area contributed by atoms with Gasteiger partial charge in [-0.15, -0.1) is 0 Å². The van der Waals surface area contributed by atoms with E-state index in [1.165, 1.54) is 94.2 Å². The van der Waals surface area contributed by atoms with Crippen LogP contribution in [0.3, 0.4) is 0 Å². The van der Waals surface area contributed by atoms with Crippen LogP contribution in [0.1, 0.15) is 22.3 Å². The molecule has 1 spiro atoms. The standard InChI is InChI=1S/C71H45NO/c1-4-19-46(20-5-1)48-35-37-52(38-36-48)72(53-27-18-26-50(43-53)47-21-6-2-7-22-47)54-44-51-25-10-11-28-55(51)62(45-54)58-40-39-56(49-23-8-3-9-24-49)67-60-30-12-15-32-63(60)71(69(58)67)64-33-16-13-31-61(64)68-65(71)42-41-59-57-29-14-17-34-66(57)73-70(59)68/h1-45H. The molecule has 0 N–H and O–H groups in total. The number of nitrogens with zero attached hydrogens (tertiary/aromatic N) is 1. The molecule has 2 aliphatic carbocycles. The lowest BCUT2D eigenvalue weighted by atomic mass is 9.68. The summed E-state index contributed by atoms with van der Waals surface area (Å²) >= 11 is 0. The molecule has 1 unspecified atom stereocenters. The molecule has 73 heavy (non-hydrogen) atoms. The minimum atomic E-state index is -0.681. The van der Waals surface area contributed by atoms with Crippen molar-refractivity contribution in [3.05, 3.63) is 295 Å². The summed E-state index contributed by atoms with van der Waals surface area (Å²) in [5, 5.41) is 4.64.